The molecule has 0 saturated heterocycles. The van der Waals surface area contributed by atoms with Gasteiger partial charge in [-0.1, -0.05) is 135 Å². The molecule has 1 aromatic heterocycles. The van der Waals surface area contributed by atoms with Gasteiger partial charge in [-0.3, -0.25) is 0 Å². The minimum atomic E-state index is -0.250. The fourth-order valence-corrected chi connectivity index (χ4v) is 7.74. The van der Waals surface area contributed by atoms with Crippen LogP contribution < -0.4 is 4.90 Å². The van der Waals surface area contributed by atoms with Gasteiger partial charge in [0.05, 0.1) is 22.4 Å². The molecule has 9 rings (SSSR count). The van der Waals surface area contributed by atoms with Crippen molar-refractivity contribution in [2.24, 2.45) is 0 Å². The third kappa shape index (κ3) is 3.69. The van der Waals surface area contributed by atoms with Crippen molar-refractivity contribution in [3.63, 3.8) is 0 Å². The average Bonchev–Trinajstić information content (AvgIpc) is 3.44. The van der Waals surface area contributed by atoms with Crippen LogP contribution in [0, 0.1) is 0 Å². The molecule has 2 nitrogen and oxygen atoms in total. The number of hydrogen-bond donors (Lipinski definition) is 0. The van der Waals surface area contributed by atoms with Crippen molar-refractivity contribution in [1.82, 2.24) is 4.57 Å². The van der Waals surface area contributed by atoms with Crippen molar-refractivity contribution in [2.75, 3.05) is 4.90 Å². The Balaban J connectivity index is 1.44. The van der Waals surface area contributed by atoms with Crippen LogP contribution in [0.1, 0.15) is 25.0 Å². The molecule has 214 valence electrons. The van der Waals surface area contributed by atoms with E-state index in [1.165, 1.54) is 71.9 Å². The van der Waals surface area contributed by atoms with E-state index in [4.69, 9.17) is 0 Å². The zero-order chi connectivity index (χ0) is 30.1. The van der Waals surface area contributed by atoms with E-state index in [9.17, 15) is 0 Å². The molecule has 0 amide bonds. The molecule has 0 radical (unpaired) electrons. The molecule has 2 heteroatoms. The van der Waals surface area contributed by atoms with Gasteiger partial charge in [0.1, 0.15) is 0 Å². The van der Waals surface area contributed by atoms with Gasteiger partial charge in [0.25, 0.3) is 0 Å². The molecule has 0 atom stereocenters. The molecule has 0 aliphatic carbocycles. The predicted octanol–water partition coefficient (Wildman–Crippen LogP) is 11.7. The van der Waals surface area contributed by atoms with Crippen LogP contribution in [0.4, 0.5) is 17.1 Å². The lowest BCUT2D eigenvalue weighted by Crippen LogP contribution is -2.31. The number of para-hydroxylation sites is 3. The van der Waals surface area contributed by atoms with E-state index in [0.29, 0.717) is 0 Å². The molecule has 45 heavy (non-hydrogen) atoms. The van der Waals surface area contributed by atoms with Gasteiger partial charge >= 0.3 is 0 Å². The summed E-state index contributed by atoms with van der Waals surface area (Å²) < 4.78 is 2.48. The number of hydrogen-bond acceptors (Lipinski definition) is 1. The highest BCUT2D eigenvalue weighted by molar-refractivity contribution is 6.25. The van der Waals surface area contributed by atoms with Gasteiger partial charge in [-0.15, -0.1) is 0 Å². The Labute approximate surface area is 263 Å². The van der Waals surface area contributed by atoms with Crippen LogP contribution in [0.15, 0.2) is 158 Å². The first-order valence-electron chi connectivity index (χ1n) is 15.7. The minimum Gasteiger partial charge on any atom is -0.309 e. The summed E-state index contributed by atoms with van der Waals surface area (Å²) in [5.74, 6) is 0. The molecule has 1 aliphatic heterocycles. The topological polar surface area (TPSA) is 8.17 Å². The SMILES string of the molecule is CC1(C)c2ccccc2N(c2ccc(-c3ccccc3)cc2)c2c1c1c3ccccc3n(-c3ccccc3)c1c1ccccc21. The van der Waals surface area contributed by atoms with Gasteiger partial charge in [0.2, 0.25) is 0 Å². The number of nitrogens with zero attached hydrogens (tertiary/aromatic N) is 2. The lowest BCUT2D eigenvalue weighted by molar-refractivity contribution is 0.639. The zero-order valence-electron chi connectivity index (χ0n) is 25.4. The molecular formula is C43H32N2. The van der Waals surface area contributed by atoms with Gasteiger partial charge in [-0.25, -0.2) is 0 Å². The Hall–Kier alpha value is -5.60. The summed E-state index contributed by atoms with van der Waals surface area (Å²) in [6.07, 6.45) is 0. The molecule has 0 saturated carbocycles. The maximum atomic E-state index is 2.51. The van der Waals surface area contributed by atoms with E-state index in [-0.39, 0.29) is 5.41 Å². The fourth-order valence-electron chi connectivity index (χ4n) is 7.74. The third-order valence-corrected chi connectivity index (χ3v) is 9.71. The summed E-state index contributed by atoms with van der Waals surface area (Å²) in [6, 6.07) is 57.4. The minimum absolute atomic E-state index is 0.250. The highest BCUT2D eigenvalue weighted by atomic mass is 15.2. The second-order valence-electron chi connectivity index (χ2n) is 12.6. The summed E-state index contributed by atoms with van der Waals surface area (Å²) in [6.45, 7) is 4.81. The Morgan fingerprint density at radius 2 is 1.04 bits per heavy atom. The third-order valence-electron chi connectivity index (χ3n) is 9.71. The number of rotatable bonds is 3. The monoisotopic (exact) mass is 576 g/mol. The highest BCUT2D eigenvalue weighted by Crippen LogP contribution is 2.58. The summed E-state index contributed by atoms with van der Waals surface area (Å²) in [5.41, 5.74) is 12.2. The molecule has 8 aromatic rings. The van der Waals surface area contributed by atoms with Crippen molar-refractivity contribution < 1.29 is 0 Å². The molecule has 0 fully saturated rings. The maximum absolute atomic E-state index is 2.51. The second-order valence-corrected chi connectivity index (χ2v) is 12.6. The van der Waals surface area contributed by atoms with Gasteiger partial charge in [0, 0.05) is 38.3 Å². The summed E-state index contributed by atoms with van der Waals surface area (Å²) >= 11 is 0. The van der Waals surface area contributed by atoms with Crippen LogP contribution in [0.25, 0.3) is 49.4 Å². The van der Waals surface area contributed by atoms with E-state index in [1.54, 1.807) is 0 Å². The normalized spacial score (nSPS) is 13.7. The first-order chi connectivity index (χ1) is 22.1. The molecule has 7 aromatic carbocycles. The van der Waals surface area contributed by atoms with Gasteiger partial charge < -0.3 is 9.47 Å². The van der Waals surface area contributed by atoms with Crippen LogP contribution in [-0.2, 0) is 5.41 Å². The molecule has 2 heterocycles. The predicted molar refractivity (Wildman–Crippen MR) is 191 cm³/mol. The van der Waals surface area contributed by atoms with Gasteiger partial charge in [-0.2, -0.15) is 0 Å². The zero-order valence-corrected chi connectivity index (χ0v) is 25.4. The summed E-state index contributed by atoms with van der Waals surface area (Å²) in [4.78, 5) is 2.51. The van der Waals surface area contributed by atoms with Crippen molar-refractivity contribution in [2.45, 2.75) is 19.3 Å². The lowest BCUT2D eigenvalue weighted by Gasteiger charge is -2.43. The first-order valence-corrected chi connectivity index (χ1v) is 15.7. The van der Waals surface area contributed by atoms with E-state index >= 15 is 0 Å². The molecule has 0 unspecified atom stereocenters. The Bertz CT molecular complexity index is 2380. The average molecular weight is 577 g/mol. The quantitative estimate of drug-likeness (QED) is 0.203. The summed E-state index contributed by atoms with van der Waals surface area (Å²) in [7, 11) is 0. The summed E-state index contributed by atoms with van der Waals surface area (Å²) in [5, 5.41) is 5.13. The number of anilines is 3. The lowest BCUT2D eigenvalue weighted by atomic mass is 9.71. The van der Waals surface area contributed by atoms with E-state index in [0.717, 1.165) is 5.69 Å². The fraction of sp³-hybridized carbons (Fsp3) is 0.0698. The maximum Gasteiger partial charge on any atom is 0.0624 e. The van der Waals surface area contributed by atoms with Crippen LogP contribution in [-0.4, -0.2) is 4.57 Å². The van der Waals surface area contributed by atoms with E-state index in [2.05, 4.69) is 181 Å². The second kappa shape index (κ2) is 9.70. The molecule has 0 spiro atoms. The molecule has 0 N–H and O–H groups in total. The van der Waals surface area contributed by atoms with E-state index < -0.39 is 0 Å². The smallest absolute Gasteiger partial charge is 0.0624 e. The van der Waals surface area contributed by atoms with Crippen molar-refractivity contribution >= 4 is 49.6 Å². The van der Waals surface area contributed by atoms with Crippen molar-refractivity contribution in [1.29, 1.82) is 0 Å². The Morgan fingerprint density at radius 3 is 1.80 bits per heavy atom. The number of benzene rings is 7. The standard InChI is InChI=1S/C43H32N2/c1-43(2)36-22-12-14-24-38(36)45(32-27-25-30(26-28-32)29-15-5-3-6-16-29)42-34-20-10-9-19-33(34)41-39(40(42)43)35-21-11-13-23-37(35)44(41)31-17-7-4-8-18-31/h3-28H,1-2H3. The molecular weight excluding hydrogens is 544 g/mol. The van der Waals surface area contributed by atoms with Crippen molar-refractivity contribution in [3.05, 3.63) is 169 Å². The molecule has 1 aliphatic rings. The molecule has 0 bridgehead atoms. The van der Waals surface area contributed by atoms with Crippen LogP contribution in [0.5, 0.6) is 0 Å². The number of aromatic nitrogens is 1. The van der Waals surface area contributed by atoms with E-state index in [1.807, 2.05) is 0 Å². The van der Waals surface area contributed by atoms with Gasteiger partial charge in [-0.05, 0) is 58.7 Å². The van der Waals surface area contributed by atoms with Gasteiger partial charge in [0.15, 0.2) is 0 Å². The number of fused-ring (bicyclic) bond motifs is 9. The highest BCUT2D eigenvalue weighted by Gasteiger charge is 2.41. The Morgan fingerprint density at radius 1 is 0.467 bits per heavy atom. The van der Waals surface area contributed by atoms with Crippen molar-refractivity contribution in [3.8, 4) is 16.8 Å². The van der Waals surface area contributed by atoms with Crippen LogP contribution in [0.3, 0.4) is 0 Å². The van der Waals surface area contributed by atoms with Crippen LogP contribution in [0.2, 0.25) is 0 Å². The Kier molecular flexibility index (Phi) is 5.58. The first kappa shape index (κ1) is 25.9. The largest absolute Gasteiger partial charge is 0.309 e. The van der Waals surface area contributed by atoms with Crippen LogP contribution >= 0.6 is 0 Å².